The fourth-order valence-electron chi connectivity index (χ4n) is 3.69. The monoisotopic (exact) mass is 380 g/mol. The van der Waals surface area contributed by atoms with Gasteiger partial charge in [0.25, 0.3) is 0 Å². The lowest BCUT2D eigenvalue weighted by atomic mass is 9.95. The molecule has 0 amide bonds. The third-order valence-corrected chi connectivity index (χ3v) is 4.74. The van der Waals surface area contributed by atoms with Crippen molar-refractivity contribution in [3.05, 3.63) is 35.5 Å². The van der Waals surface area contributed by atoms with Gasteiger partial charge in [-0.25, -0.2) is 4.79 Å². The molecule has 1 aliphatic heterocycles. The van der Waals surface area contributed by atoms with Crippen LogP contribution in [0.4, 0.5) is 0 Å². The molecule has 0 aliphatic carbocycles. The Hall–Kier alpha value is -2.05. The molecule has 1 aliphatic rings. The van der Waals surface area contributed by atoms with E-state index in [1.54, 1.807) is 13.8 Å². The molecule has 2 heterocycles. The number of para-hydroxylation sites is 1. The lowest BCUT2D eigenvalue weighted by molar-refractivity contribution is -0.926. The van der Waals surface area contributed by atoms with Crippen LogP contribution >= 0.6 is 0 Å². The maximum absolute atomic E-state index is 12.1. The molecule has 7 heteroatoms. The summed E-state index contributed by atoms with van der Waals surface area (Å²) >= 11 is 0. The third-order valence-electron chi connectivity index (χ3n) is 4.74. The highest BCUT2D eigenvalue weighted by Gasteiger charge is 2.37. The van der Waals surface area contributed by atoms with Crippen LogP contribution in [-0.4, -0.2) is 43.2 Å². The summed E-state index contributed by atoms with van der Waals surface area (Å²) < 4.78 is 10.3. The first-order valence-electron chi connectivity index (χ1n) is 8.89. The summed E-state index contributed by atoms with van der Waals surface area (Å²) in [6.45, 7) is 5.38. The number of benzene rings is 1. The average molecular weight is 381 g/mol. The van der Waals surface area contributed by atoms with Crippen molar-refractivity contribution >= 4 is 22.8 Å². The average Bonchev–Trinajstić information content (AvgIpc) is 2.96. The van der Waals surface area contributed by atoms with E-state index >= 15 is 0 Å². The molecule has 0 bridgehead atoms. The van der Waals surface area contributed by atoms with Crippen LogP contribution in [0.3, 0.4) is 0 Å². The summed E-state index contributed by atoms with van der Waals surface area (Å²) in [5.74, 6) is -0.466. The zero-order valence-electron chi connectivity index (χ0n) is 15.1. The standard InChI is InChI=1S/C19H24N2O4.ClH/c1-3-24-17(22)11-16-19-14(13-7-5-6-8-15(13)20-19)9-10-21(16)12-18(23)25-4-2;/h5-8,16,20H,3-4,9-12H2,1-2H3;1H. The number of rotatable bonds is 6. The van der Waals surface area contributed by atoms with Gasteiger partial charge in [-0.1, -0.05) is 18.2 Å². The third kappa shape index (κ3) is 4.19. The Morgan fingerprint density at radius 3 is 2.58 bits per heavy atom. The molecule has 2 unspecified atom stereocenters. The molecule has 2 aromatic rings. The molecular weight excluding hydrogens is 356 g/mol. The van der Waals surface area contributed by atoms with Gasteiger partial charge in [0.15, 0.2) is 6.54 Å². The quantitative estimate of drug-likeness (QED) is 0.578. The number of hydrogen-bond donors (Lipinski definition) is 2. The van der Waals surface area contributed by atoms with E-state index in [2.05, 4.69) is 11.1 Å². The lowest BCUT2D eigenvalue weighted by Gasteiger charge is -2.31. The van der Waals surface area contributed by atoms with E-state index in [1.165, 1.54) is 10.9 Å². The summed E-state index contributed by atoms with van der Waals surface area (Å²) in [4.78, 5) is 28.6. The Labute approximate surface area is 159 Å². The Morgan fingerprint density at radius 2 is 1.85 bits per heavy atom. The number of carbonyl (C=O) groups is 2. The maximum atomic E-state index is 12.1. The normalized spacial score (nSPS) is 18.7. The number of halogens is 1. The number of ether oxygens (including phenoxy) is 2. The number of fused-ring (bicyclic) bond motifs is 3. The highest BCUT2D eigenvalue weighted by Crippen LogP contribution is 2.29. The van der Waals surface area contributed by atoms with Crippen molar-refractivity contribution in [2.75, 3.05) is 26.3 Å². The SMILES string of the molecule is CCOC(=O)CC1c2[nH]c3ccccc3c2CC[NH+]1CC(=O)OCC.[Cl-]. The minimum atomic E-state index is -0.236. The van der Waals surface area contributed by atoms with E-state index in [9.17, 15) is 9.59 Å². The summed E-state index contributed by atoms with van der Waals surface area (Å²) in [6, 6.07) is 8.03. The van der Waals surface area contributed by atoms with E-state index in [0.29, 0.717) is 13.2 Å². The van der Waals surface area contributed by atoms with Crippen LogP contribution in [0.5, 0.6) is 0 Å². The number of esters is 2. The molecule has 2 N–H and O–H groups in total. The van der Waals surface area contributed by atoms with Crippen molar-refractivity contribution in [1.82, 2.24) is 4.98 Å². The lowest BCUT2D eigenvalue weighted by Crippen LogP contribution is -3.14. The molecule has 142 valence electrons. The Bertz CT molecular complexity index is 774. The number of quaternary nitrogens is 1. The zero-order chi connectivity index (χ0) is 17.8. The van der Waals surface area contributed by atoms with E-state index in [4.69, 9.17) is 9.47 Å². The smallest absolute Gasteiger partial charge is 0.361 e. The first-order valence-corrected chi connectivity index (χ1v) is 8.89. The molecular formula is C19H25ClN2O4. The predicted octanol–water partition coefficient (Wildman–Crippen LogP) is -1.83. The molecule has 2 atom stereocenters. The summed E-state index contributed by atoms with van der Waals surface area (Å²) in [6.07, 6.45) is 1.12. The zero-order valence-corrected chi connectivity index (χ0v) is 15.9. The van der Waals surface area contributed by atoms with Crippen LogP contribution in [0.1, 0.15) is 37.6 Å². The number of hydrogen-bond acceptors (Lipinski definition) is 4. The topological polar surface area (TPSA) is 72.8 Å². The fourth-order valence-corrected chi connectivity index (χ4v) is 3.69. The van der Waals surface area contributed by atoms with Crippen molar-refractivity contribution in [2.24, 2.45) is 0 Å². The van der Waals surface area contributed by atoms with Crippen LogP contribution in [0.25, 0.3) is 10.9 Å². The van der Waals surface area contributed by atoms with E-state index in [0.717, 1.165) is 29.1 Å². The number of nitrogens with one attached hydrogen (secondary N) is 2. The molecule has 1 aromatic carbocycles. The van der Waals surface area contributed by atoms with Crippen LogP contribution in [0.15, 0.2) is 24.3 Å². The molecule has 0 radical (unpaired) electrons. The predicted molar refractivity (Wildman–Crippen MR) is 93.3 cm³/mol. The number of aromatic amines is 1. The van der Waals surface area contributed by atoms with Gasteiger partial charge in [-0.15, -0.1) is 0 Å². The van der Waals surface area contributed by atoms with E-state index in [1.807, 2.05) is 18.2 Å². The van der Waals surface area contributed by atoms with E-state index < -0.39 is 0 Å². The second-order valence-electron chi connectivity index (χ2n) is 6.26. The van der Waals surface area contributed by atoms with Gasteiger partial charge in [-0.3, -0.25) is 4.79 Å². The molecule has 0 saturated carbocycles. The van der Waals surface area contributed by atoms with Gasteiger partial charge >= 0.3 is 11.9 Å². The second kappa shape index (κ2) is 9.05. The molecule has 6 nitrogen and oxygen atoms in total. The Balaban J connectivity index is 0.00000243. The van der Waals surface area contributed by atoms with Gasteiger partial charge in [-0.05, 0) is 25.5 Å². The fraction of sp³-hybridized carbons (Fsp3) is 0.474. The van der Waals surface area contributed by atoms with Gasteiger partial charge in [0.2, 0.25) is 0 Å². The first-order chi connectivity index (χ1) is 12.1. The highest BCUT2D eigenvalue weighted by molar-refractivity contribution is 5.85. The molecule has 26 heavy (non-hydrogen) atoms. The molecule has 3 rings (SSSR count). The second-order valence-corrected chi connectivity index (χ2v) is 6.26. The van der Waals surface area contributed by atoms with Gasteiger partial charge in [0.05, 0.1) is 25.5 Å². The minimum Gasteiger partial charge on any atom is -1.00 e. The van der Waals surface area contributed by atoms with Crippen LogP contribution in [-0.2, 0) is 25.5 Å². The maximum Gasteiger partial charge on any atom is 0.361 e. The summed E-state index contributed by atoms with van der Waals surface area (Å²) in [5.41, 5.74) is 3.36. The largest absolute Gasteiger partial charge is 1.00 e. The minimum absolute atomic E-state index is 0. The van der Waals surface area contributed by atoms with E-state index in [-0.39, 0.29) is 43.4 Å². The summed E-state index contributed by atoms with van der Waals surface area (Å²) in [7, 11) is 0. The number of carbonyl (C=O) groups excluding carboxylic acids is 2. The van der Waals surface area contributed by atoms with Crippen LogP contribution in [0, 0.1) is 0 Å². The van der Waals surface area contributed by atoms with Crippen LogP contribution in [0.2, 0.25) is 0 Å². The summed E-state index contributed by atoms with van der Waals surface area (Å²) in [5, 5.41) is 1.20. The highest BCUT2D eigenvalue weighted by atomic mass is 35.5. The Kier molecular flexibility index (Phi) is 7.06. The van der Waals surface area contributed by atoms with Gasteiger partial charge in [0, 0.05) is 17.3 Å². The number of H-pyrrole nitrogens is 1. The van der Waals surface area contributed by atoms with Gasteiger partial charge in [-0.2, -0.15) is 0 Å². The van der Waals surface area contributed by atoms with Gasteiger partial charge < -0.3 is 31.8 Å². The van der Waals surface area contributed by atoms with Crippen molar-refractivity contribution in [3.8, 4) is 0 Å². The van der Waals surface area contributed by atoms with Crippen molar-refractivity contribution in [2.45, 2.75) is 32.7 Å². The molecule has 1 aromatic heterocycles. The number of aromatic nitrogens is 1. The van der Waals surface area contributed by atoms with Crippen molar-refractivity contribution in [3.63, 3.8) is 0 Å². The van der Waals surface area contributed by atoms with Gasteiger partial charge in [0.1, 0.15) is 12.5 Å². The van der Waals surface area contributed by atoms with Crippen LogP contribution < -0.4 is 17.3 Å². The first kappa shape index (κ1) is 20.3. The van der Waals surface area contributed by atoms with Crippen molar-refractivity contribution in [1.29, 1.82) is 0 Å². The molecule has 0 saturated heterocycles. The Morgan fingerprint density at radius 1 is 1.15 bits per heavy atom. The van der Waals surface area contributed by atoms with Crippen molar-refractivity contribution < 1.29 is 36.4 Å². The molecule has 0 fully saturated rings. The molecule has 0 spiro atoms.